The molecule has 0 aliphatic rings. The molecule has 24 heavy (non-hydrogen) atoms. The highest BCUT2D eigenvalue weighted by molar-refractivity contribution is 7.89. The number of nitrogens with one attached hydrogen (secondary N) is 1. The molecule has 0 spiro atoms. The zero-order chi connectivity index (χ0) is 17.9. The topological polar surface area (TPSA) is 55.4 Å². The second-order valence-electron chi connectivity index (χ2n) is 6.08. The van der Waals surface area contributed by atoms with Crippen molar-refractivity contribution in [1.29, 1.82) is 0 Å². The van der Waals surface area contributed by atoms with Crippen LogP contribution in [0.25, 0.3) is 0 Å². The lowest BCUT2D eigenvalue weighted by atomic mass is 10.1. The largest absolute Gasteiger partial charge is 0.497 e. The molecule has 0 unspecified atom stereocenters. The van der Waals surface area contributed by atoms with Gasteiger partial charge < -0.3 is 4.74 Å². The number of ether oxygens (including phenoxy) is 1. The normalized spacial score (nSPS) is 12.9. The van der Waals surface area contributed by atoms with Crippen LogP contribution in [0.1, 0.15) is 41.6 Å². The molecule has 130 valence electrons. The molecule has 5 heteroatoms. The number of benzene rings is 2. The van der Waals surface area contributed by atoms with Gasteiger partial charge in [-0.05, 0) is 56.0 Å². The predicted octanol–water partition coefficient (Wildman–Crippen LogP) is 4.05. The first-order valence-corrected chi connectivity index (χ1v) is 9.51. The van der Waals surface area contributed by atoms with Crippen LogP contribution >= 0.6 is 0 Å². The molecule has 2 rings (SSSR count). The fraction of sp³-hybridized carbons (Fsp3) is 0.368. The third-order valence-electron chi connectivity index (χ3n) is 4.10. The van der Waals surface area contributed by atoms with E-state index in [-0.39, 0.29) is 6.04 Å². The van der Waals surface area contributed by atoms with Crippen molar-refractivity contribution < 1.29 is 13.2 Å². The highest BCUT2D eigenvalue weighted by atomic mass is 32.2. The summed E-state index contributed by atoms with van der Waals surface area (Å²) in [5.41, 5.74) is 3.52. The molecular weight excluding hydrogens is 322 g/mol. The first-order chi connectivity index (χ1) is 11.3. The second-order valence-corrected chi connectivity index (χ2v) is 7.73. The van der Waals surface area contributed by atoms with Crippen LogP contribution in [0.5, 0.6) is 5.75 Å². The van der Waals surface area contributed by atoms with Gasteiger partial charge in [0.1, 0.15) is 5.75 Å². The molecule has 2 aromatic carbocycles. The molecule has 0 aliphatic heterocycles. The number of sulfonamides is 1. The molecule has 4 nitrogen and oxygen atoms in total. The Morgan fingerprint density at radius 1 is 1.04 bits per heavy atom. The summed E-state index contributed by atoms with van der Waals surface area (Å²) >= 11 is 0. The van der Waals surface area contributed by atoms with Crippen LogP contribution in [-0.2, 0) is 10.0 Å². The van der Waals surface area contributed by atoms with Crippen molar-refractivity contribution in [1.82, 2.24) is 4.72 Å². The average Bonchev–Trinajstić information content (AvgIpc) is 2.51. The van der Waals surface area contributed by atoms with Crippen LogP contribution in [0, 0.1) is 20.8 Å². The van der Waals surface area contributed by atoms with E-state index < -0.39 is 10.0 Å². The van der Waals surface area contributed by atoms with Crippen LogP contribution in [0.3, 0.4) is 0 Å². The van der Waals surface area contributed by atoms with Gasteiger partial charge in [0.25, 0.3) is 0 Å². The third-order valence-corrected chi connectivity index (χ3v) is 5.87. The smallest absolute Gasteiger partial charge is 0.241 e. The van der Waals surface area contributed by atoms with Crippen molar-refractivity contribution in [2.45, 2.75) is 45.1 Å². The van der Waals surface area contributed by atoms with E-state index in [0.717, 1.165) is 28.0 Å². The van der Waals surface area contributed by atoms with Gasteiger partial charge in [-0.2, -0.15) is 0 Å². The maximum Gasteiger partial charge on any atom is 0.241 e. The number of methoxy groups -OCH3 is 1. The molecule has 0 saturated carbocycles. The number of hydrogen-bond donors (Lipinski definition) is 1. The molecule has 0 bridgehead atoms. The van der Waals surface area contributed by atoms with Crippen LogP contribution in [-0.4, -0.2) is 15.5 Å². The molecule has 0 saturated heterocycles. The second kappa shape index (κ2) is 7.36. The Morgan fingerprint density at radius 2 is 1.58 bits per heavy atom. The fourth-order valence-corrected chi connectivity index (χ4v) is 4.82. The number of rotatable bonds is 6. The van der Waals surface area contributed by atoms with Crippen molar-refractivity contribution in [3.05, 3.63) is 58.7 Å². The molecule has 0 fully saturated rings. The van der Waals surface area contributed by atoms with Crippen molar-refractivity contribution >= 4 is 10.0 Å². The van der Waals surface area contributed by atoms with E-state index in [1.54, 1.807) is 7.11 Å². The van der Waals surface area contributed by atoms with E-state index in [1.165, 1.54) is 0 Å². The third kappa shape index (κ3) is 3.97. The zero-order valence-electron chi connectivity index (χ0n) is 14.9. The molecule has 1 N–H and O–H groups in total. The van der Waals surface area contributed by atoms with Gasteiger partial charge in [0.05, 0.1) is 12.0 Å². The Balaban J connectivity index is 2.35. The summed E-state index contributed by atoms with van der Waals surface area (Å²) in [6.45, 7) is 7.61. The van der Waals surface area contributed by atoms with Crippen molar-refractivity contribution in [2.24, 2.45) is 0 Å². The molecule has 0 aromatic heterocycles. The van der Waals surface area contributed by atoms with E-state index in [0.29, 0.717) is 11.3 Å². The summed E-state index contributed by atoms with van der Waals surface area (Å²) in [5.74, 6) is 0.752. The summed E-state index contributed by atoms with van der Waals surface area (Å²) < 4.78 is 33.8. The SMILES string of the molecule is CC[C@H](NS(=O)(=O)c1c(C)cc(C)cc1C)c1ccc(OC)cc1. The molecule has 0 aliphatic carbocycles. The zero-order valence-corrected chi connectivity index (χ0v) is 15.7. The maximum absolute atomic E-state index is 12.9. The molecule has 0 amide bonds. The number of aryl methyl sites for hydroxylation is 3. The molecule has 0 heterocycles. The van der Waals surface area contributed by atoms with Gasteiger partial charge in [-0.15, -0.1) is 0 Å². The lowest BCUT2D eigenvalue weighted by molar-refractivity contribution is 0.414. The highest BCUT2D eigenvalue weighted by Crippen LogP contribution is 2.26. The van der Waals surface area contributed by atoms with Crippen LogP contribution in [0.15, 0.2) is 41.3 Å². The average molecular weight is 347 g/mol. The minimum atomic E-state index is -3.59. The lowest BCUT2D eigenvalue weighted by Gasteiger charge is -2.20. The van der Waals surface area contributed by atoms with Gasteiger partial charge in [-0.1, -0.05) is 36.8 Å². The summed E-state index contributed by atoms with van der Waals surface area (Å²) in [6.07, 6.45) is 0.662. The Hall–Kier alpha value is -1.85. The van der Waals surface area contributed by atoms with Gasteiger partial charge >= 0.3 is 0 Å². The van der Waals surface area contributed by atoms with Crippen molar-refractivity contribution in [3.8, 4) is 5.75 Å². The predicted molar refractivity (Wildman–Crippen MR) is 97.0 cm³/mol. The van der Waals surface area contributed by atoms with Gasteiger partial charge in [0.2, 0.25) is 10.0 Å². The quantitative estimate of drug-likeness (QED) is 0.858. The lowest BCUT2D eigenvalue weighted by Crippen LogP contribution is -2.29. The van der Waals surface area contributed by atoms with Crippen LogP contribution in [0.4, 0.5) is 0 Å². The van der Waals surface area contributed by atoms with Crippen molar-refractivity contribution in [2.75, 3.05) is 7.11 Å². The Labute approximate surface area is 144 Å². The van der Waals surface area contributed by atoms with E-state index in [2.05, 4.69) is 4.72 Å². The highest BCUT2D eigenvalue weighted by Gasteiger charge is 2.24. The van der Waals surface area contributed by atoms with Gasteiger partial charge in [0.15, 0.2) is 0 Å². The maximum atomic E-state index is 12.9. The standard InChI is InChI=1S/C19H25NO3S/c1-6-18(16-7-9-17(23-5)10-8-16)20-24(21,22)19-14(3)11-13(2)12-15(19)4/h7-12,18,20H,6H2,1-5H3/t18-/m0/s1. The first-order valence-electron chi connectivity index (χ1n) is 8.02. The van der Waals surface area contributed by atoms with E-state index >= 15 is 0 Å². The molecule has 0 radical (unpaired) electrons. The Bertz CT molecular complexity index is 788. The van der Waals surface area contributed by atoms with Gasteiger partial charge in [0, 0.05) is 6.04 Å². The minimum Gasteiger partial charge on any atom is -0.497 e. The van der Waals surface area contributed by atoms with E-state index in [9.17, 15) is 8.42 Å². The first kappa shape index (κ1) is 18.5. The summed E-state index contributed by atoms with van der Waals surface area (Å²) in [6, 6.07) is 11.0. The Morgan fingerprint density at radius 3 is 2.04 bits per heavy atom. The molecule has 1 atom stereocenters. The van der Waals surface area contributed by atoms with Crippen LogP contribution in [0.2, 0.25) is 0 Å². The molecular formula is C19H25NO3S. The fourth-order valence-electron chi connectivity index (χ4n) is 3.06. The summed E-state index contributed by atoms with van der Waals surface area (Å²) in [4.78, 5) is 0.375. The summed E-state index contributed by atoms with van der Waals surface area (Å²) in [5, 5.41) is 0. The minimum absolute atomic E-state index is 0.277. The van der Waals surface area contributed by atoms with Crippen molar-refractivity contribution in [3.63, 3.8) is 0 Å². The van der Waals surface area contributed by atoms with E-state index in [1.807, 2.05) is 64.1 Å². The Kier molecular flexibility index (Phi) is 5.67. The van der Waals surface area contributed by atoms with Gasteiger partial charge in [-0.25, -0.2) is 13.1 Å². The van der Waals surface area contributed by atoms with E-state index in [4.69, 9.17) is 4.74 Å². The number of hydrogen-bond acceptors (Lipinski definition) is 3. The van der Waals surface area contributed by atoms with Gasteiger partial charge in [-0.3, -0.25) is 0 Å². The summed E-state index contributed by atoms with van der Waals surface area (Å²) in [7, 11) is -1.99. The molecule has 2 aromatic rings. The monoisotopic (exact) mass is 347 g/mol. The van der Waals surface area contributed by atoms with Crippen LogP contribution < -0.4 is 9.46 Å².